The Morgan fingerprint density at radius 1 is 1.20 bits per heavy atom. The normalized spacial score (nSPS) is 12.8. The van der Waals surface area contributed by atoms with E-state index in [0.717, 1.165) is 18.8 Å². The van der Waals surface area contributed by atoms with E-state index in [0.29, 0.717) is 0 Å². The summed E-state index contributed by atoms with van der Waals surface area (Å²) in [6, 6.07) is 10.8. The number of benzene rings is 1. The van der Waals surface area contributed by atoms with Crippen LogP contribution in [0.25, 0.3) is 0 Å². The van der Waals surface area contributed by atoms with Crippen molar-refractivity contribution < 1.29 is 4.42 Å². The first-order chi connectivity index (χ1) is 9.58. The molecule has 0 spiro atoms. The van der Waals surface area contributed by atoms with Crippen molar-refractivity contribution in [3.05, 3.63) is 59.0 Å². The maximum atomic E-state index is 5.52. The van der Waals surface area contributed by atoms with Crippen molar-refractivity contribution in [2.45, 2.75) is 26.4 Å². The molecule has 1 N–H and O–H groups in total. The highest BCUT2D eigenvalue weighted by Gasteiger charge is 2.16. The summed E-state index contributed by atoms with van der Waals surface area (Å²) >= 11 is 0. The molecule has 0 aliphatic rings. The highest BCUT2D eigenvalue weighted by atomic mass is 16.3. The largest absolute Gasteiger partial charge is 0.468 e. The molecule has 0 fully saturated rings. The molecule has 1 atom stereocenters. The monoisotopic (exact) mass is 272 g/mol. The highest BCUT2D eigenvalue weighted by molar-refractivity contribution is 5.30. The van der Waals surface area contributed by atoms with Gasteiger partial charge in [0.25, 0.3) is 0 Å². The zero-order valence-corrected chi connectivity index (χ0v) is 12.8. The first kappa shape index (κ1) is 14.8. The van der Waals surface area contributed by atoms with Crippen molar-refractivity contribution in [1.82, 2.24) is 10.2 Å². The third-order valence-electron chi connectivity index (χ3n) is 3.65. The Balaban J connectivity index is 1.94. The predicted octanol–water partition coefficient (Wildman–Crippen LogP) is 3.29. The third kappa shape index (κ3) is 3.71. The molecule has 0 amide bonds. The van der Waals surface area contributed by atoms with Gasteiger partial charge in [-0.2, -0.15) is 0 Å². The van der Waals surface area contributed by atoms with E-state index in [9.17, 15) is 0 Å². The van der Waals surface area contributed by atoms with E-state index >= 15 is 0 Å². The summed E-state index contributed by atoms with van der Waals surface area (Å²) in [4.78, 5) is 2.17. The standard InChI is InChI=1S/C17H24N2O/c1-13-7-8-15(14(2)10-13)11-18-12-16(19(3)4)17-6-5-9-20-17/h5-10,16,18H,11-12H2,1-4H3. The van der Waals surface area contributed by atoms with Gasteiger partial charge in [-0.1, -0.05) is 23.8 Å². The Bertz CT molecular complexity index is 532. The van der Waals surface area contributed by atoms with Gasteiger partial charge in [-0.15, -0.1) is 0 Å². The van der Waals surface area contributed by atoms with Crippen LogP contribution in [-0.4, -0.2) is 25.5 Å². The first-order valence-corrected chi connectivity index (χ1v) is 7.04. The number of aryl methyl sites for hydroxylation is 2. The fourth-order valence-electron chi connectivity index (χ4n) is 2.41. The van der Waals surface area contributed by atoms with Crippen LogP contribution in [0.2, 0.25) is 0 Å². The lowest BCUT2D eigenvalue weighted by Gasteiger charge is -2.23. The summed E-state index contributed by atoms with van der Waals surface area (Å²) in [5.74, 6) is 1.00. The second kappa shape index (κ2) is 6.73. The molecular weight excluding hydrogens is 248 g/mol. The Hall–Kier alpha value is -1.58. The molecule has 2 aromatic rings. The molecule has 3 heteroatoms. The van der Waals surface area contributed by atoms with E-state index in [1.165, 1.54) is 16.7 Å². The second-order valence-electron chi connectivity index (χ2n) is 5.56. The maximum absolute atomic E-state index is 5.52. The van der Waals surface area contributed by atoms with Gasteiger partial charge >= 0.3 is 0 Å². The molecule has 1 aromatic heterocycles. The molecule has 0 aliphatic heterocycles. The molecule has 0 saturated carbocycles. The van der Waals surface area contributed by atoms with E-state index < -0.39 is 0 Å². The number of likely N-dealkylation sites (N-methyl/N-ethyl adjacent to an activating group) is 1. The number of nitrogens with zero attached hydrogens (tertiary/aromatic N) is 1. The lowest BCUT2D eigenvalue weighted by molar-refractivity contribution is 0.250. The van der Waals surface area contributed by atoms with Crippen LogP contribution in [0.3, 0.4) is 0 Å². The van der Waals surface area contributed by atoms with Crippen LogP contribution in [-0.2, 0) is 6.54 Å². The van der Waals surface area contributed by atoms with E-state index in [2.05, 4.69) is 56.4 Å². The maximum Gasteiger partial charge on any atom is 0.122 e. The van der Waals surface area contributed by atoms with E-state index in [-0.39, 0.29) is 6.04 Å². The molecule has 20 heavy (non-hydrogen) atoms. The topological polar surface area (TPSA) is 28.4 Å². The molecule has 0 saturated heterocycles. The Kier molecular flexibility index (Phi) is 4.99. The molecule has 0 bridgehead atoms. The lowest BCUT2D eigenvalue weighted by atomic mass is 10.1. The number of rotatable bonds is 6. The van der Waals surface area contributed by atoms with Crippen molar-refractivity contribution in [2.75, 3.05) is 20.6 Å². The van der Waals surface area contributed by atoms with Crippen LogP contribution in [0.15, 0.2) is 41.0 Å². The Morgan fingerprint density at radius 2 is 2.00 bits per heavy atom. The zero-order chi connectivity index (χ0) is 14.5. The van der Waals surface area contributed by atoms with Gasteiger partial charge in [0.15, 0.2) is 0 Å². The third-order valence-corrected chi connectivity index (χ3v) is 3.65. The first-order valence-electron chi connectivity index (χ1n) is 7.04. The van der Waals surface area contributed by atoms with E-state index in [4.69, 9.17) is 4.42 Å². The lowest BCUT2D eigenvalue weighted by Crippen LogP contribution is -2.30. The molecule has 0 radical (unpaired) electrons. The summed E-state index contributed by atoms with van der Waals surface area (Å²) in [6.07, 6.45) is 1.73. The molecule has 1 aromatic carbocycles. The minimum Gasteiger partial charge on any atom is -0.468 e. The fraction of sp³-hybridized carbons (Fsp3) is 0.412. The summed E-state index contributed by atoms with van der Waals surface area (Å²) in [5.41, 5.74) is 4.01. The van der Waals surface area contributed by atoms with Crippen molar-refractivity contribution >= 4 is 0 Å². The molecule has 3 nitrogen and oxygen atoms in total. The van der Waals surface area contributed by atoms with Gasteiger partial charge in [0.05, 0.1) is 12.3 Å². The van der Waals surface area contributed by atoms with Gasteiger partial charge in [-0.3, -0.25) is 4.90 Å². The zero-order valence-electron chi connectivity index (χ0n) is 12.8. The molecule has 1 heterocycles. The van der Waals surface area contributed by atoms with Gasteiger partial charge in [0, 0.05) is 13.1 Å². The van der Waals surface area contributed by atoms with Crippen LogP contribution in [0, 0.1) is 13.8 Å². The number of furan rings is 1. The number of hydrogen-bond acceptors (Lipinski definition) is 3. The molecular formula is C17H24N2O. The average molecular weight is 272 g/mol. The van der Waals surface area contributed by atoms with E-state index in [1.54, 1.807) is 6.26 Å². The number of nitrogens with one attached hydrogen (secondary N) is 1. The minimum absolute atomic E-state index is 0.260. The van der Waals surface area contributed by atoms with Gasteiger partial charge in [0.2, 0.25) is 0 Å². The summed E-state index contributed by atoms with van der Waals surface area (Å²) in [6.45, 7) is 6.05. The Morgan fingerprint density at radius 3 is 2.60 bits per heavy atom. The fourth-order valence-corrected chi connectivity index (χ4v) is 2.41. The Labute approximate surface area is 121 Å². The summed E-state index contributed by atoms with van der Waals surface area (Å²) < 4.78 is 5.52. The van der Waals surface area contributed by atoms with Crippen molar-refractivity contribution in [1.29, 1.82) is 0 Å². The van der Waals surface area contributed by atoms with Crippen LogP contribution in [0.5, 0.6) is 0 Å². The van der Waals surface area contributed by atoms with Gasteiger partial charge in [-0.25, -0.2) is 0 Å². The molecule has 0 aliphatic carbocycles. The summed E-state index contributed by atoms with van der Waals surface area (Å²) in [7, 11) is 4.15. The molecule has 2 rings (SSSR count). The SMILES string of the molecule is Cc1ccc(CNCC(c2ccco2)N(C)C)c(C)c1. The van der Waals surface area contributed by atoms with Crippen molar-refractivity contribution in [3.63, 3.8) is 0 Å². The van der Waals surface area contributed by atoms with Gasteiger partial charge in [0.1, 0.15) is 5.76 Å². The second-order valence-corrected chi connectivity index (χ2v) is 5.56. The van der Waals surface area contributed by atoms with Crippen LogP contribution < -0.4 is 5.32 Å². The average Bonchev–Trinajstić information content (AvgIpc) is 2.90. The van der Waals surface area contributed by atoms with Crippen LogP contribution in [0.1, 0.15) is 28.5 Å². The highest BCUT2D eigenvalue weighted by Crippen LogP contribution is 2.18. The van der Waals surface area contributed by atoms with Crippen LogP contribution >= 0.6 is 0 Å². The summed E-state index contributed by atoms with van der Waals surface area (Å²) in [5, 5.41) is 3.53. The van der Waals surface area contributed by atoms with E-state index in [1.807, 2.05) is 12.1 Å². The molecule has 1 unspecified atom stereocenters. The molecule has 108 valence electrons. The smallest absolute Gasteiger partial charge is 0.122 e. The van der Waals surface area contributed by atoms with Crippen molar-refractivity contribution in [2.24, 2.45) is 0 Å². The van der Waals surface area contributed by atoms with Crippen LogP contribution in [0.4, 0.5) is 0 Å². The van der Waals surface area contributed by atoms with Gasteiger partial charge in [-0.05, 0) is 51.2 Å². The minimum atomic E-state index is 0.260. The number of hydrogen-bond donors (Lipinski definition) is 1. The van der Waals surface area contributed by atoms with Gasteiger partial charge < -0.3 is 9.73 Å². The predicted molar refractivity (Wildman–Crippen MR) is 82.8 cm³/mol. The quantitative estimate of drug-likeness (QED) is 0.874. The van der Waals surface area contributed by atoms with Crippen molar-refractivity contribution in [3.8, 4) is 0 Å².